The predicted molar refractivity (Wildman–Crippen MR) is 76.8 cm³/mol. The normalized spacial score (nSPS) is 41.8. The maximum atomic E-state index is 3.77. The van der Waals surface area contributed by atoms with Crippen LogP contribution in [0.25, 0.3) is 0 Å². The maximum absolute atomic E-state index is 3.77. The molecule has 0 bridgehead atoms. The lowest BCUT2D eigenvalue weighted by molar-refractivity contribution is 0.0327. The summed E-state index contributed by atoms with van der Waals surface area (Å²) in [5.41, 5.74) is 0. The minimum atomic E-state index is 0.781. The first-order valence-electron chi connectivity index (χ1n) is 8.39. The van der Waals surface area contributed by atoms with E-state index in [4.69, 9.17) is 0 Å². The van der Waals surface area contributed by atoms with Crippen molar-refractivity contribution in [1.29, 1.82) is 0 Å². The number of likely N-dealkylation sites (tertiary alicyclic amines) is 1. The predicted octanol–water partition coefficient (Wildman–Crippen LogP) is 3.17. The van der Waals surface area contributed by atoms with Crippen molar-refractivity contribution in [1.82, 2.24) is 10.2 Å². The van der Waals surface area contributed by atoms with E-state index in [0.717, 1.165) is 30.6 Å². The highest BCUT2D eigenvalue weighted by atomic mass is 15.2. The van der Waals surface area contributed by atoms with E-state index in [0.29, 0.717) is 0 Å². The highest BCUT2D eigenvalue weighted by Crippen LogP contribution is 2.39. The zero-order valence-electron chi connectivity index (χ0n) is 12.0. The van der Waals surface area contributed by atoms with Crippen molar-refractivity contribution < 1.29 is 0 Å². The fourth-order valence-corrected chi connectivity index (χ4v) is 4.91. The monoisotopic (exact) mass is 250 g/mol. The van der Waals surface area contributed by atoms with Gasteiger partial charge < -0.3 is 5.32 Å². The molecule has 1 aliphatic heterocycles. The van der Waals surface area contributed by atoms with Gasteiger partial charge in [-0.05, 0) is 57.5 Å². The van der Waals surface area contributed by atoms with Crippen molar-refractivity contribution >= 4 is 0 Å². The molecular formula is C16H30N2. The van der Waals surface area contributed by atoms with Gasteiger partial charge in [0, 0.05) is 18.1 Å². The van der Waals surface area contributed by atoms with Gasteiger partial charge in [-0.3, -0.25) is 4.90 Å². The second kappa shape index (κ2) is 5.92. The molecule has 3 rings (SSSR count). The van der Waals surface area contributed by atoms with Gasteiger partial charge >= 0.3 is 0 Å². The number of piperidine rings is 1. The van der Waals surface area contributed by atoms with Crippen LogP contribution in [-0.2, 0) is 0 Å². The van der Waals surface area contributed by atoms with E-state index in [2.05, 4.69) is 17.1 Å². The molecule has 104 valence electrons. The Morgan fingerprint density at radius 3 is 2.56 bits per heavy atom. The summed E-state index contributed by atoms with van der Waals surface area (Å²) < 4.78 is 0. The molecule has 1 N–H and O–H groups in total. The van der Waals surface area contributed by atoms with E-state index < -0.39 is 0 Å². The zero-order chi connectivity index (χ0) is 12.4. The van der Waals surface area contributed by atoms with Crippen molar-refractivity contribution in [3.63, 3.8) is 0 Å². The van der Waals surface area contributed by atoms with E-state index >= 15 is 0 Å². The summed E-state index contributed by atoms with van der Waals surface area (Å²) in [6.07, 6.45) is 13.2. The van der Waals surface area contributed by atoms with Crippen LogP contribution in [0.15, 0.2) is 0 Å². The maximum Gasteiger partial charge on any atom is 0.0252 e. The Bertz CT molecular complexity index is 264. The summed E-state index contributed by atoms with van der Waals surface area (Å²) >= 11 is 0. The van der Waals surface area contributed by atoms with Gasteiger partial charge in [-0.2, -0.15) is 0 Å². The molecule has 3 fully saturated rings. The molecule has 0 aromatic heterocycles. The van der Waals surface area contributed by atoms with Gasteiger partial charge in [0.1, 0.15) is 0 Å². The molecule has 4 atom stereocenters. The molecule has 18 heavy (non-hydrogen) atoms. The average molecular weight is 250 g/mol. The Balaban J connectivity index is 1.70. The SMILES string of the molecule is CCNC1CCCCC1N1CCCC2CCCC21. The third kappa shape index (κ3) is 2.46. The summed E-state index contributed by atoms with van der Waals surface area (Å²) in [7, 11) is 0. The van der Waals surface area contributed by atoms with Crippen LogP contribution in [0.5, 0.6) is 0 Å². The first-order valence-corrected chi connectivity index (χ1v) is 8.39. The molecule has 2 heteroatoms. The number of nitrogens with zero attached hydrogens (tertiary/aromatic N) is 1. The van der Waals surface area contributed by atoms with Crippen molar-refractivity contribution in [2.75, 3.05) is 13.1 Å². The van der Waals surface area contributed by atoms with Crippen LogP contribution in [0, 0.1) is 5.92 Å². The Morgan fingerprint density at radius 1 is 0.889 bits per heavy atom. The summed E-state index contributed by atoms with van der Waals surface area (Å²) in [4.78, 5) is 2.94. The van der Waals surface area contributed by atoms with Crippen LogP contribution in [0.3, 0.4) is 0 Å². The molecule has 2 aliphatic carbocycles. The van der Waals surface area contributed by atoms with Gasteiger partial charge in [0.25, 0.3) is 0 Å². The van der Waals surface area contributed by atoms with E-state index in [1.54, 1.807) is 0 Å². The summed E-state index contributed by atoms with van der Waals surface area (Å²) in [5.74, 6) is 1.04. The average Bonchev–Trinajstić information content (AvgIpc) is 2.88. The van der Waals surface area contributed by atoms with Crippen molar-refractivity contribution in [3.8, 4) is 0 Å². The molecule has 4 unspecified atom stereocenters. The van der Waals surface area contributed by atoms with Crippen LogP contribution in [0.4, 0.5) is 0 Å². The molecule has 3 aliphatic rings. The Morgan fingerprint density at radius 2 is 1.67 bits per heavy atom. The molecule has 0 radical (unpaired) electrons. The zero-order valence-corrected chi connectivity index (χ0v) is 12.0. The van der Waals surface area contributed by atoms with Crippen LogP contribution >= 0.6 is 0 Å². The quantitative estimate of drug-likeness (QED) is 0.827. The molecule has 0 aromatic rings. The van der Waals surface area contributed by atoms with Crippen molar-refractivity contribution in [3.05, 3.63) is 0 Å². The molecule has 0 aromatic carbocycles. The lowest BCUT2D eigenvalue weighted by atomic mass is 9.84. The number of hydrogen-bond acceptors (Lipinski definition) is 2. The van der Waals surface area contributed by atoms with Gasteiger partial charge in [-0.15, -0.1) is 0 Å². The Kier molecular flexibility index (Phi) is 4.25. The minimum Gasteiger partial charge on any atom is -0.313 e. The molecule has 2 nitrogen and oxygen atoms in total. The third-order valence-corrected chi connectivity index (χ3v) is 5.66. The Labute approximate surface area is 113 Å². The van der Waals surface area contributed by atoms with Crippen molar-refractivity contribution in [2.24, 2.45) is 5.92 Å². The number of fused-ring (bicyclic) bond motifs is 1. The summed E-state index contributed by atoms with van der Waals surface area (Å²) in [6.45, 7) is 4.79. The number of nitrogens with one attached hydrogen (secondary N) is 1. The number of hydrogen-bond donors (Lipinski definition) is 1. The molecular weight excluding hydrogens is 220 g/mol. The third-order valence-electron chi connectivity index (χ3n) is 5.66. The van der Waals surface area contributed by atoms with Gasteiger partial charge in [0.05, 0.1) is 0 Å². The summed E-state index contributed by atoms with van der Waals surface area (Å²) in [5, 5.41) is 3.77. The van der Waals surface area contributed by atoms with E-state index in [1.807, 2.05) is 0 Å². The molecule has 0 spiro atoms. The standard InChI is InChI=1S/C16H30N2/c1-2-17-14-9-3-4-10-16(14)18-12-6-8-13-7-5-11-15(13)18/h13-17H,2-12H2,1H3. The van der Waals surface area contributed by atoms with Crippen LogP contribution < -0.4 is 5.32 Å². The fraction of sp³-hybridized carbons (Fsp3) is 1.00. The smallest absolute Gasteiger partial charge is 0.0252 e. The van der Waals surface area contributed by atoms with Crippen LogP contribution in [-0.4, -0.2) is 36.1 Å². The van der Waals surface area contributed by atoms with Gasteiger partial charge in [-0.1, -0.05) is 26.2 Å². The van der Waals surface area contributed by atoms with E-state index in [1.165, 1.54) is 64.3 Å². The molecule has 1 heterocycles. The lowest BCUT2D eigenvalue weighted by Crippen LogP contribution is -2.57. The second-order valence-electron chi connectivity index (χ2n) is 6.65. The van der Waals surface area contributed by atoms with Crippen LogP contribution in [0.1, 0.15) is 64.7 Å². The lowest BCUT2D eigenvalue weighted by Gasteiger charge is -2.47. The van der Waals surface area contributed by atoms with Gasteiger partial charge in [-0.25, -0.2) is 0 Å². The molecule has 2 saturated carbocycles. The van der Waals surface area contributed by atoms with Crippen molar-refractivity contribution in [2.45, 2.75) is 82.8 Å². The highest BCUT2D eigenvalue weighted by molar-refractivity contribution is 4.96. The van der Waals surface area contributed by atoms with Crippen LogP contribution in [0.2, 0.25) is 0 Å². The molecule has 0 amide bonds. The number of rotatable bonds is 3. The van der Waals surface area contributed by atoms with E-state index in [9.17, 15) is 0 Å². The first kappa shape index (κ1) is 12.9. The first-order chi connectivity index (χ1) is 8.90. The number of likely N-dealkylation sites (N-methyl/N-ethyl adjacent to an activating group) is 1. The minimum absolute atomic E-state index is 0.781. The second-order valence-corrected chi connectivity index (χ2v) is 6.65. The summed E-state index contributed by atoms with van der Waals surface area (Å²) in [6, 6.07) is 2.58. The topological polar surface area (TPSA) is 15.3 Å². The Hall–Kier alpha value is -0.0800. The van der Waals surface area contributed by atoms with E-state index in [-0.39, 0.29) is 0 Å². The fourth-order valence-electron chi connectivity index (χ4n) is 4.91. The van der Waals surface area contributed by atoms with Gasteiger partial charge in [0.2, 0.25) is 0 Å². The largest absolute Gasteiger partial charge is 0.313 e. The highest BCUT2D eigenvalue weighted by Gasteiger charge is 2.40. The van der Waals surface area contributed by atoms with Gasteiger partial charge in [0.15, 0.2) is 0 Å². The molecule has 1 saturated heterocycles.